The van der Waals surface area contributed by atoms with Crippen molar-refractivity contribution in [2.75, 3.05) is 46.8 Å². The Kier molecular flexibility index (Phi) is 8.70. The van der Waals surface area contributed by atoms with E-state index >= 15 is 0 Å². The molecule has 1 amide bonds. The summed E-state index contributed by atoms with van der Waals surface area (Å²) in [6.45, 7) is 5.35. The molecular weight excluding hydrogens is 314 g/mol. The summed E-state index contributed by atoms with van der Waals surface area (Å²) in [6.07, 6.45) is 6.63. The molecule has 2 aliphatic heterocycles. The number of amides is 1. The van der Waals surface area contributed by atoms with E-state index in [4.69, 9.17) is 19.8 Å². The first kappa shape index (κ1) is 20.4. The third-order valence-electron chi connectivity index (χ3n) is 4.50. The second kappa shape index (κ2) is 10.2. The maximum atomic E-state index is 11.7. The molecule has 2 aliphatic rings. The summed E-state index contributed by atoms with van der Waals surface area (Å²) in [7, 11) is 3.67. The van der Waals surface area contributed by atoms with Crippen LogP contribution < -0.4 is 0 Å². The number of likely N-dealkylation sites (tertiary alicyclic amines) is 2. The monoisotopic (exact) mass is 343 g/mol. The van der Waals surface area contributed by atoms with Crippen LogP contribution in [-0.4, -0.2) is 95.6 Å². The van der Waals surface area contributed by atoms with Crippen LogP contribution >= 0.6 is 0 Å². The summed E-state index contributed by atoms with van der Waals surface area (Å²) in [6, 6.07) is 0.774. The lowest BCUT2D eigenvalue weighted by Gasteiger charge is -2.40. The molecule has 2 rings (SSSR count). The van der Waals surface area contributed by atoms with Crippen LogP contribution in [0.1, 0.15) is 32.1 Å². The van der Waals surface area contributed by atoms with Crippen molar-refractivity contribution in [2.24, 2.45) is 0 Å². The molecule has 0 radical (unpaired) electrons. The van der Waals surface area contributed by atoms with Crippen LogP contribution in [0.2, 0.25) is 0 Å². The summed E-state index contributed by atoms with van der Waals surface area (Å²) in [5, 5.41) is 14.8. The van der Waals surface area contributed by atoms with Crippen molar-refractivity contribution in [3.63, 3.8) is 0 Å². The second-order valence-electron chi connectivity index (χ2n) is 6.50. The zero-order chi connectivity index (χ0) is 18.1. The maximum absolute atomic E-state index is 11.7. The molecule has 2 saturated heterocycles. The highest BCUT2D eigenvalue weighted by molar-refractivity contribution is 6.27. The van der Waals surface area contributed by atoms with Gasteiger partial charge in [-0.1, -0.05) is 6.42 Å². The predicted molar refractivity (Wildman–Crippen MR) is 88.9 cm³/mol. The van der Waals surface area contributed by atoms with E-state index in [1.54, 1.807) is 4.90 Å². The molecule has 2 N–H and O–H groups in total. The Balaban J connectivity index is 0.000000413. The number of piperidine rings is 2. The minimum Gasteiger partial charge on any atom is -0.473 e. The molecule has 0 aliphatic carbocycles. The number of carbonyl (C=O) groups is 3. The summed E-state index contributed by atoms with van der Waals surface area (Å²) < 4.78 is 0. The van der Waals surface area contributed by atoms with E-state index in [1.807, 2.05) is 14.1 Å². The van der Waals surface area contributed by atoms with Crippen LogP contribution in [0.3, 0.4) is 0 Å². The average molecular weight is 343 g/mol. The van der Waals surface area contributed by atoms with Gasteiger partial charge in [0.2, 0.25) is 5.91 Å². The Morgan fingerprint density at radius 2 is 1.42 bits per heavy atom. The minimum atomic E-state index is -1.82. The van der Waals surface area contributed by atoms with Crippen molar-refractivity contribution < 1.29 is 24.6 Å². The molecule has 138 valence electrons. The zero-order valence-electron chi connectivity index (χ0n) is 14.6. The highest BCUT2D eigenvalue weighted by Gasteiger charge is 2.26. The van der Waals surface area contributed by atoms with Gasteiger partial charge < -0.3 is 20.0 Å². The molecule has 0 aromatic heterocycles. The fourth-order valence-corrected chi connectivity index (χ4v) is 3.06. The van der Waals surface area contributed by atoms with Crippen molar-refractivity contribution in [1.29, 1.82) is 0 Å². The van der Waals surface area contributed by atoms with Crippen LogP contribution in [0.25, 0.3) is 0 Å². The van der Waals surface area contributed by atoms with Gasteiger partial charge in [0.15, 0.2) is 0 Å². The highest BCUT2D eigenvalue weighted by atomic mass is 16.4. The van der Waals surface area contributed by atoms with Crippen molar-refractivity contribution in [3.8, 4) is 0 Å². The predicted octanol–water partition coefficient (Wildman–Crippen LogP) is 0.181. The zero-order valence-corrected chi connectivity index (χ0v) is 14.6. The molecule has 0 unspecified atom stereocenters. The van der Waals surface area contributed by atoms with E-state index < -0.39 is 11.9 Å². The van der Waals surface area contributed by atoms with E-state index in [2.05, 4.69) is 9.80 Å². The summed E-state index contributed by atoms with van der Waals surface area (Å²) in [5.74, 6) is -3.42. The summed E-state index contributed by atoms with van der Waals surface area (Å²) in [5.41, 5.74) is 0. The quantitative estimate of drug-likeness (QED) is 0.705. The molecule has 2 heterocycles. The maximum Gasteiger partial charge on any atom is 0.414 e. The Bertz CT molecular complexity index is 415. The fraction of sp³-hybridized carbons (Fsp3) is 0.812. The van der Waals surface area contributed by atoms with Gasteiger partial charge in [0.05, 0.1) is 6.54 Å². The van der Waals surface area contributed by atoms with E-state index in [0.29, 0.717) is 6.54 Å². The van der Waals surface area contributed by atoms with Crippen molar-refractivity contribution >= 4 is 17.8 Å². The normalized spacial score (nSPS) is 19.9. The van der Waals surface area contributed by atoms with Gasteiger partial charge in [0.25, 0.3) is 0 Å². The van der Waals surface area contributed by atoms with Gasteiger partial charge in [0.1, 0.15) is 0 Å². The third kappa shape index (κ3) is 7.27. The molecule has 0 spiro atoms. The number of rotatable bonds is 3. The lowest BCUT2D eigenvalue weighted by atomic mass is 10.00. The average Bonchev–Trinajstić information content (AvgIpc) is 2.56. The SMILES string of the molecule is CN(C)C(=O)CN1CCC(N2CCCCC2)CC1.O=C(O)C(=O)O. The van der Waals surface area contributed by atoms with E-state index in [1.165, 1.54) is 45.2 Å². The number of carboxylic acids is 2. The number of nitrogens with zero attached hydrogens (tertiary/aromatic N) is 3. The van der Waals surface area contributed by atoms with Gasteiger partial charge in [-0.05, 0) is 38.8 Å². The van der Waals surface area contributed by atoms with E-state index in [9.17, 15) is 4.79 Å². The number of likely N-dealkylation sites (N-methyl/N-ethyl adjacent to an activating group) is 1. The van der Waals surface area contributed by atoms with Crippen LogP contribution in [0.4, 0.5) is 0 Å². The molecule has 8 nitrogen and oxygen atoms in total. The first-order valence-electron chi connectivity index (χ1n) is 8.44. The van der Waals surface area contributed by atoms with E-state index in [-0.39, 0.29) is 5.91 Å². The molecular formula is C16H29N3O5. The van der Waals surface area contributed by atoms with Gasteiger partial charge in [-0.15, -0.1) is 0 Å². The topological polar surface area (TPSA) is 101 Å². The van der Waals surface area contributed by atoms with Crippen molar-refractivity contribution in [2.45, 2.75) is 38.1 Å². The molecule has 2 fully saturated rings. The van der Waals surface area contributed by atoms with Gasteiger partial charge in [-0.2, -0.15) is 0 Å². The van der Waals surface area contributed by atoms with Gasteiger partial charge in [0, 0.05) is 33.2 Å². The molecule has 0 saturated carbocycles. The largest absolute Gasteiger partial charge is 0.473 e. The standard InChI is InChI=1S/C14H27N3O.C2H2O4/c1-15(2)14(18)12-16-10-6-13(7-11-16)17-8-4-3-5-9-17;3-1(4)2(5)6/h13H,3-12H2,1-2H3;(H,3,4)(H,5,6). The number of hydrogen-bond acceptors (Lipinski definition) is 5. The molecule has 24 heavy (non-hydrogen) atoms. The van der Waals surface area contributed by atoms with Crippen molar-refractivity contribution in [1.82, 2.24) is 14.7 Å². The Morgan fingerprint density at radius 3 is 1.83 bits per heavy atom. The Morgan fingerprint density at radius 1 is 0.917 bits per heavy atom. The molecule has 0 atom stereocenters. The van der Waals surface area contributed by atoms with Crippen LogP contribution in [0, 0.1) is 0 Å². The first-order chi connectivity index (χ1) is 11.3. The lowest BCUT2D eigenvalue weighted by molar-refractivity contribution is -0.159. The lowest BCUT2D eigenvalue weighted by Crippen LogP contribution is -2.48. The Labute approximate surface area is 143 Å². The molecule has 0 bridgehead atoms. The molecule has 8 heteroatoms. The third-order valence-corrected chi connectivity index (χ3v) is 4.50. The fourth-order valence-electron chi connectivity index (χ4n) is 3.06. The number of aliphatic carboxylic acids is 2. The Hall–Kier alpha value is -1.67. The van der Waals surface area contributed by atoms with Crippen molar-refractivity contribution in [3.05, 3.63) is 0 Å². The number of carbonyl (C=O) groups excluding carboxylic acids is 1. The molecule has 0 aromatic carbocycles. The minimum absolute atomic E-state index is 0.228. The number of hydrogen-bond donors (Lipinski definition) is 2. The number of carboxylic acid groups (broad SMARTS) is 2. The van der Waals surface area contributed by atoms with Gasteiger partial charge >= 0.3 is 11.9 Å². The first-order valence-corrected chi connectivity index (χ1v) is 8.44. The van der Waals surface area contributed by atoms with Crippen LogP contribution in [-0.2, 0) is 14.4 Å². The second-order valence-corrected chi connectivity index (χ2v) is 6.50. The van der Waals surface area contributed by atoms with Gasteiger partial charge in [-0.25, -0.2) is 9.59 Å². The molecule has 0 aromatic rings. The smallest absolute Gasteiger partial charge is 0.414 e. The summed E-state index contributed by atoms with van der Waals surface area (Å²) in [4.78, 5) is 36.5. The van der Waals surface area contributed by atoms with Gasteiger partial charge in [-0.3, -0.25) is 9.69 Å². The highest BCUT2D eigenvalue weighted by Crippen LogP contribution is 2.20. The van der Waals surface area contributed by atoms with Crippen LogP contribution in [0.15, 0.2) is 0 Å². The van der Waals surface area contributed by atoms with Crippen LogP contribution in [0.5, 0.6) is 0 Å². The summed E-state index contributed by atoms with van der Waals surface area (Å²) >= 11 is 0. The van der Waals surface area contributed by atoms with E-state index in [0.717, 1.165) is 19.1 Å².